The first kappa shape index (κ1) is 11.4. The summed E-state index contributed by atoms with van der Waals surface area (Å²) >= 11 is 0. The molecule has 0 saturated heterocycles. The molecule has 1 aromatic heterocycles. The van der Waals surface area contributed by atoms with Gasteiger partial charge in [0.1, 0.15) is 11.8 Å². The number of carboxylic acids is 2. The van der Waals surface area contributed by atoms with Crippen LogP contribution in [0.4, 0.5) is 0 Å². The van der Waals surface area contributed by atoms with Crippen molar-refractivity contribution < 1.29 is 24.2 Å². The van der Waals surface area contributed by atoms with Gasteiger partial charge in [-0.2, -0.15) is 0 Å². The highest BCUT2D eigenvalue weighted by molar-refractivity contribution is 5.89. The van der Waals surface area contributed by atoms with E-state index in [1.54, 1.807) is 12.1 Å². The Labute approximate surface area is 96.5 Å². The number of aliphatic carboxylic acids is 2. The lowest BCUT2D eigenvalue weighted by Gasteiger charge is -2.08. The van der Waals surface area contributed by atoms with E-state index < -0.39 is 18.0 Å². The zero-order chi connectivity index (χ0) is 12.4. The molecule has 0 fully saturated rings. The molecule has 0 saturated carbocycles. The minimum absolute atomic E-state index is 0.299. The Morgan fingerprint density at radius 1 is 1.47 bits per heavy atom. The summed E-state index contributed by atoms with van der Waals surface area (Å²) in [5.41, 5.74) is 0.963. The quantitative estimate of drug-likeness (QED) is 0.707. The average molecular weight is 237 g/mol. The van der Waals surface area contributed by atoms with Crippen LogP contribution in [0.15, 0.2) is 28.4 Å². The van der Waals surface area contributed by atoms with Crippen LogP contribution < -0.4 is 5.32 Å². The number of furan rings is 1. The summed E-state index contributed by atoms with van der Waals surface area (Å²) in [5.74, 6) is -1.63. The van der Waals surface area contributed by atoms with Crippen LogP contribution in [0.1, 0.15) is 12.2 Å². The molecule has 2 rings (SSSR count). The zero-order valence-electron chi connectivity index (χ0n) is 8.84. The Bertz CT molecular complexity index is 474. The van der Waals surface area contributed by atoms with Crippen molar-refractivity contribution >= 4 is 17.5 Å². The Morgan fingerprint density at radius 3 is 2.76 bits per heavy atom. The Morgan fingerprint density at radius 2 is 2.24 bits per heavy atom. The van der Waals surface area contributed by atoms with Crippen molar-refractivity contribution in [2.75, 3.05) is 6.54 Å². The Hall–Kier alpha value is -2.08. The fourth-order valence-corrected chi connectivity index (χ4v) is 1.92. The molecule has 0 unspecified atom stereocenters. The predicted octanol–water partition coefficient (Wildman–Crippen LogP) is 0.564. The van der Waals surface area contributed by atoms with E-state index in [2.05, 4.69) is 5.32 Å². The molecule has 0 radical (unpaired) electrons. The van der Waals surface area contributed by atoms with Crippen LogP contribution >= 0.6 is 0 Å². The second kappa shape index (κ2) is 4.42. The summed E-state index contributed by atoms with van der Waals surface area (Å²) in [7, 11) is 0. The van der Waals surface area contributed by atoms with Crippen molar-refractivity contribution in [1.29, 1.82) is 0 Å². The van der Waals surface area contributed by atoms with E-state index in [9.17, 15) is 9.59 Å². The molecule has 1 aromatic rings. The first-order valence-corrected chi connectivity index (χ1v) is 5.03. The highest BCUT2D eigenvalue weighted by Crippen LogP contribution is 2.28. The SMILES string of the molecule is O=C(O)CC1=C(c2ccco2)CN[C@@H]1C(=O)O. The first-order valence-electron chi connectivity index (χ1n) is 5.03. The molecule has 3 N–H and O–H groups in total. The topological polar surface area (TPSA) is 99.8 Å². The summed E-state index contributed by atoms with van der Waals surface area (Å²) in [5, 5.41) is 20.5. The molecule has 6 nitrogen and oxygen atoms in total. The van der Waals surface area contributed by atoms with Crippen LogP contribution in [0.3, 0.4) is 0 Å². The number of hydrogen-bond donors (Lipinski definition) is 3. The van der Waals surface area contributed by atoms with Crippen molar-refractivity contribution in [2.24, 2.45) is 0 Å². The number of rotatable bonds is 4. The van der Waals surface area contributed by atoms with E-state index in [0.29, 0.717) is 23.5 Å². The molecule has 90 valence electrons. The fourth-order valence-electron chi connectivity index (χ4n) is 1.92. The minimum atomic E-state index is -1.08. The van der Waals surface area contributed by atoms with Gasteiger partial charge in [0.05, 0.1) is 12.7 Å². The smallest absolute Gasteiger partial charge is 0.325 e. The Kier molecular flexibility index (Phi) is 2.97. The number of hydrogen-bond acceptors (Lipinski definition) is 4. The van der Waals surface area contributed by atoms with E-state index >= 15 is 0 Å². The van der Waals surface area contributed by atoms with Gasteiger partial charge in [-0.05, 0) is 17.7 Å². The minimum Gasteiger partial charge on any atom is -0.481 e. The largest absolute Gasteiger partial charge is 0.481 e. The fraction of sp³-hybridized carbons (Fsp3) is 0.273. The molecule has 17 heavy (non-hydrogen) atoms. The van der Waals surface area contributed by atoms with E-state index in [1.807, 2.05) is 0 Å². The van der Waals surface area contributed by atoms with Crippen molar-refractivity contribution in [3.63, 3.8) is 0 Å². The molecule has 1 aliphatic rings. The van der Waals surface area contributed by atoms with E-state index in [0.717, 1.165) is 0 Å². The monoisotopic (exact) mass is 237 g/mol. The average Bonchev–Trinajstić information content (AvgIpc) is 2.83. The zero-order valence-corrected chi connectivity index (χ0v) is 8.84. The van der Waals surface area contributed by atoms with E-state index in [-0.39, 0.29) is 6.42 Å². The summed E-state index contributed by atoms with van der Waals surface area (Å²) in [6.45, 7) is 0.299. The van der Waals surface area contributed by atoms with Crippen LogP contribution in [0, 0.1) is 0 Å². The molecule has 0 spiro atoms. The van der Waals surface area contributed by atoms with Crippen molar-refractivity contribution in [3.05, 3.63) is 29.7 Å². The van der Waals surface area contributed by atoms with Gasteiger partial charge in [0, 0.05) is 12.1 Å². The predicted molar refractivity (Wildman–Crippen MR) is 57.3 cm³/mol. The normalized spacial score (nSPS) is 19.6. The highest BCUT2D eigenvalue weighted by atomic mass is 16.4. The maximum Gasteiger partial charge on any atom is 0.325 e. The first-order chi connectivity index (χ1) is 8.09. The van der Waals surface area contributed by atoms with Crippen LogP contribution in [0.25, 0.3) is 5.57 Å². The van der Waals surface area contributed by atoms with E-state index in [4.69, 9.17) is 14.6 Å². The molecule has 0 amide bonds. The molecule has 0 aromatic carbocycles. The third kappa shape index (κ3) is 2.21. The lowest BCUT2D eigenvalue weighted by molar-refractivity contribution is -0.138. The lowest BCUT2D eigenvalue weighted by Crippen LogP contribution is -2.34. The van der Waals surface area contributed by atoms with Gasteiger partial charge >= 0.3 is 11.9 Å². The maximum atomic E-state index is 11.0. The van der Waals surface area contributed by atoms with Crippen molar-refractivity contribution in [2.45, 2.75) is 12.5 Å². The molecular formula is C11H11NO5. The standard InChI is InChI=1S/C11H11NO5/c13-9(14)4-6-7(8-2-1-3-17-8)5-12-10(6)11(15)16/h1-3,10,12H,4-5H2,(H,13,14)(H,15,16)/t10-/m0/s1. The molecule has 6 heteroatoms. The highest BCUT2D eigenvalue weighted by Gasteiger charge is 2.33. The van der Waals surface area contributed by atoms with Gasteiger partial charge in [-0.1, -0.05) is 0 Å². The third-order valence-corrected chi connectivity index (χ3v) is 2.63. The maximum absolute atomic E-state index is 11.0. The second-order valence-electron chi connectivity index (χ2n) is 3.70. The van der Waals surface area contributed by atoms with Crippen molar-refractivity contribution in [1.82, 2.24) is 5.32 Å². The molecule has 0 aliphatic carbocycles. The molecular weight excluding hydrogens is 226 g/mol. The molecule has 0 bridgehead atoms. The van der Waals surface area contributed by atoms with E-state index in [1.165, 1.54) is 6.26 Å². The van der Waals surface area contributed by atoms with Crippen LogP contribution in [0.5, 0.6) is 0 Å². The summed E-state index contributed by atoms with van der Waals surface area (Å²) < 4.78 is 5.17. The van der Waals surface area contributed by atoms with Crippen LogP contribution in [0.2, 0.25) is 0 Å². The third-order valence-electron chi connectivity index (χ3n) is 2.63. The Balaban J connectivity index is 2.39. The summed E-state index contributed by atoms with van der Waals surface area (Å²) in [4.78, 5) is 21.7. The summed E-state index contributed by atoms with van der Waals surface area (Å²) in [6.07, 6.45) is 1.16. The second-order valence-corrected chi connectivity index (χ2v) is 3.70. The van der Waals surface area contributed by atoms with Gasteiger partial charge in [-0.15, -0.1) is 0 Å². The van der Waals surface area contributed by atoms with Gasteiger partial charge < -0.3 is 14.6 Å². The summed E-state index contributed by atoms with van der Waals surface area (Å²) in [6, 6.07) is 2.41. The number of carbonyl (C=O) groups is 2. The van der Waals surface area contributed by atoms with Crippen LogP contribution in [-0.4, -0.2) is 34.7 Å². The molecule has 2 heterocycles. The van der Waals surface area contributed by atoms with Gasteiger partial charge in [0.25, 0.3) is 0 Å². The van der Waals surface area contributed by atoms with Gasteiger partial charge in [-0.25, -0.2) is 0 Å². The van der Waals surface area contributed by atoms with Gasteiger partial charge in [0.15, 0.2) is 0 Å². The number of carboxylic acid groups (broad SMARTS) is 2. The molecule has 1 atom stereocenters. The lowest BCUT2D eigenvalue weighted by atomic mass is 10.0. The van der Waals surface area contributed by atoms with Gasteiger partial charge in [0.2, 0.25) is 0 Å². The molecule has 1 aliphatic heterocycles. The van der Waals surface area contributed by atoms with Gasteiger partial charge in [-0.3, -0.25) is 14.9 Å². The number of nitrogens with one attached hydrogen (secondary N) is 1. The van der Waals surface area contributed by atoms with Crippen molar-refractivity contribution in [3.8, 4) is 0 Å². The van der Waals surface area contributed by atoms with Crippen LogP contribution in [-0.2, 0) is 9.59 Å².